The average molecular weight is 465 g/mol. The summed E-state index contributed by atoms with van der Waals surface area (Å²) >= 11 is 6.22. The highest BCUT2D eigenvalue weighted by molar-refractivity contribution is 9.10. The Bertz CT molecular complexity index is 644. The van der Waals surface area contributed by atoms with Crippen molar-refractivity contribution >= 4 is 55.2 Å². The van der Waals surface area contributed by atoms with E-state index in [1.54, 1.807) is 27.7 Å². The molecule has 1 unspecified atom stereocenters. The lowest BCUT2D eigenvalue weighted by atomic mass is 10.1. The van der Waals surface area contributed by atoms with E-state index in [0.717, 1.165) is 0 Å². The molecule has 0 bridgehead atoms. The molecular weight excluding hydrogens is 446 g/mol. The minimum Gasteiger partial charge on any atom is -0.459 e. The number of hydrogen-bond donors (Lipinski definition) is 1. The number of anilines is 1. The zero-order chi connectivity index (χ0) is 18.5. The summed E-state index contributed by atoms with van der Waals surface area (Å²) in [5.74, 6) is -1.17. The van der Waals surface area contributed by atoms with E-state index >= 15 is 0 Å². The molecule has 0 aliphatic rings. The van der Waals surface area contributed by atoms with Gasteiger partial charge < -0.3 is 10.1 Å². The van der Waals surface area contributed by atoms with Crippen LogP contribution >= 0.6 is 31.9 Å². The Morgan fingerprint density at radius 3 is 2.50 bits per heavy atom. The van der Waals surface area contributed by atoms with Crippen molar-refractivity contribution in [3.05, 3.63) is 16.5 Å². The standard InChI is InChI=1S/C15H19Br2N3O4/c1-5-8(21)11(17)13(23)12-14(18-6-9(16)20-12)19-7-10(22)24-15(2,3)4/h6,11H,5,7H2,1-4H3,(H,18,19). The van der Waals surface area contributed by atoms with Crippen molar-refractivity contribution in [2.45, 2.75) is 44.5 Å². The number of Topliss-reactive ketones (excluding diaryl/α,β-unsaturated/α-hetero) is 2. The van der Waals surface area contributed by atoms with Gasteiger partial charge in [0.1, 0.15) is 21.6 Å². The number of rotatable bonds is 7. The van der Waals surface area contributed by atoms with Crippen LogP contribution in [0.25, 0.3) is 0 Å². The molecule has 1 rings (SSSR count). The summed E-state index contributed by atoms with van der Waals surface area (Å²) in [5.41, 5.74) is -0.645. The average Bonchev–Trinajstić information content (AvgIpc) is 2.49. The largest absolute Gasteiger partial charge is 0.459 e. The van der Waals surface area contributed by atoms with Crippen molar-refractivity contribution in [1.29, 1.82) is 0 Å². The fourth-order valence-corrected chi connectivity index (χ4v) is 2.47. The molecule has 0 spiro atoms. The number of esters is 1. The van der Waals surface area contributed by atoms with Crippen LogP contribution in [0.15, 0.2) is 10.8 Å². The van der Waals surface area contributed by atoms with Crippen LogP contribution in [0.1, 0.15) is 44.6 Å². The molecule has 24 heavy (non-hydrogen) atoms. The monoisotopic (exact) mass is 463 g/mol. The van der Waals surface area contributed by atoms with E-state index in [4.69, 9.17) is 4.74 Å². The Hall–Kier alpha value is -1.35. The van der Waals surface area contributed by atoms with Crippen molar-refractivity contribution in [3.63, 3.8) is 0 Å². The minimum absolute atomic E-state index is 0.0309. The second kappa shape index (κ2) is 8.66. The normalized spacial score (nSPS) is 12.4. The lowest BCUT2D eigenvalue weighted by Gasteiger charge is -2.20. The van der Waals surface area contributed by atoms with Crippen molar-refractivity contribution in [1.82, 2.24) is 9.97 Å². The van der Waals surface area contributed by atoms with E-state index in [2.05, 4.69) is 47.1 Å². The van der Waals surface area contributed by atoms with Gasteiger partial charge in [0.15, 0.2) is 17.3 Å². The van der Waals surface area contributed by atoms with E-state index in [-0.39, 0.29) is 30.3 Å². The second-order valence-corrected chi connectivity index (χ2v) is 7.60. The number of nitrogens with one attached hydrogen (secondary N) is 1. The van der Waals surface area contributed by atoms with Crippen LogP contribution in [0.4, 0.5) is 5.82 Å². The lowest BCUT2D eigenvalue weighted by molar-refractivity contribution is -0.152. The van der Waals surface area contributed by atoms with Crippen molar-refractivity contribution in [2.75, 3.05) is 11.9 Å². The van der Waals surface area contributed by atoms with Gasteiger partial charge >= 0.3 is 5.97 Å². The molecule has 0 aliphatic carbocycles. The van der Waals surface area contributed by atoms with Gasteiger partial charge in [-0.05, 0) is 36.7 Å². The zero-order valence-corrected chi connectivity index (χ0v) is 17.0. The van der Waals surface area contributed by atoms with Crippen molar-refractivity contribution in [2.24, 2.45) is 0 Å². The first-order chi connectivity index (χ1) is 11.0. The summed E-state index contributed by atoms with van der Waals surface area (Å²) < 4.78 is 5.52. The van der Waals surface area contributed by atoms with Gasteiger partial charge in [0.2, 0.25) is 5.78 Å². The predicted octanol–water partition coefficient (Wildman–Crippen LogP) is 2.92. The summed E-state index contributed by atoms with van der Waals surface area (Å²) in [4.78, 5) is 43.1. The van der Waals surface area contributed by atoms with Crippen molar-refractivity contribution in [3.8, 4) is 0 Å². The molecule has 0 aliphatic heterocycles. The second-order valence-electron chi connectivity index (χ2n) is 5.88. The molecule has 1 aromatic rings. The quantitative estimate of drug-likeness (QED) is 0.286. The molecule has 0 fully saturated rings. The van der Waals surface area contributed by atoms with E-state index in [1.165, 1.54) is 6.20 Å². The number of halogens is 2. The highest BCUT2D eigenvalue weighted by atomic mass is 79.9. The summed E-state index contributed by atoms with van der Waals surface area (Å²) in [5, 5.41) is 2.73. The molecule has 1 N–H and O–H groups in total. The van der Waals surface area contributed by atoms with Crippen LogP contribution in [0.2, 0.25) is 0 Å². The van der Waals surface area contributed by atoms with Gasteiger partial charge in [-0.2, -0.15) is 0 Å². The topological polar surface area (TPSA) is 98.3 Å². The molecule has 0 radical (unpaired) electrons. The molecule has 0 saturated carbocycles. The van der Waals surface area contributed by atoms with E-state index in [1.807, 2.05) is 0 Å². The maximum atomic E-state index is 12.4. The molecular formula is C15H19Br2N3O4. The van der Waals surface area contributed by atoms with Gasteiger partial charge in [0.25, 0.3) is 0 Å². The Morgan fingerprint density at radius 1 is 1.33 bits per heavy atom. The van der Waals surface area contributed by atoms with E-state index < -0.39 is 22.2 Å². The third-order valence-electron chi connectivity index (χ3n) is 2.66. The van der Waals surface area contributed by atoms with Crippen LogP contribution in [0.3, 0.4) is 0 Å². The molecule has 0 aromatic carbocycles. The first-order valence-corrected chi connectivity index (χ1v) is 8.95. The Morgan fingerprint density at radius 2 is 1.96 bits per heavy atom. The van der Waals surface area contributed by atoms with Crippen molar-refractivity contribution < 1.29 is 19.1 Å². The van der Waals surface area contributed by atoms with Crippen LogP contribution in [0.5, 0.6) is 0 Å². The first kappa shape index (κ1) is 20.7. The summed E-state index contributed by atoms with van der Waals surface area (Å²) in [6, 6.07) is 0. The highest BCUT2D eigenvalue weighted by Crippen LogP contribution is 2.19. The smallest absolute Gasteiger partial charge is 0.325 e. The predicted molar refractivity (Wildman–Crippen MR) is 96.4 cm³/mol. The number of carbonyl (C=O) groups is 3. The number of nitrogens with zero attached hydrogens (tertiary/aromatic N) is 2. The lowest BCUT2D eigenvalue weighted by Crippen LogP contribution is -2.30. The number of ether oxygens (including phenoxy) is 1. The third-order valence-corrected chi connectivity index (χ3v) is 3.97. The molecule has 132 valence electrons. The number of aromatic nitrogens is 2. The highest BCUT2D eigenvalue weighted by Gasteiger charge is 2.28. The Kier molecular flexibility index (Phi) is 7.47. The Balaban J connectivity index is 2.95. The number of hydrogen-bond acceptors (Lipinski definition) is 7. The van der Waals surface area contributed by atoms with Gasteiger partial charge in [-0.3, -0.25) is 14.4 Å². The molecule has 9 heteroatoms. The maximum Gasteiger partial charge on any atom is 0.325 e. The SMILES string of the molecule is CCC(=O)C(Br)C(=O)c1nc(Br)cnc1NCC(=O)OC(C)(C)C. The van der Waals surface area contributed by atoms with E-state index in [0.29, 0.717) is 4.60 Å². The summed E-state index contributed by atoms with van der Waals surface area (Å²) in [6.07, 6.45) is 1.60. The zero-order valence-electron chi connectivity index (χ0n) is 13.9. The molecule has 1 atom stereocenters. The van der Waals surface area contributed by atoms with Gasteiger partial charge in [0.05, 0.1) is 6.20 Å². The summed E-state index contributed by atoms with van der Waals surface area (Å²) in [6.45, 7) is 6.75. The molecule has 0 amide bonds. The molecule has 7 nitrogen and oxygen atoms in total. The molecule has 1 heterocycles. The fraction of sp³-hybridized carbons (Fsp3) is 0.533. The third kappa shape index (κ3) is 6.27. The van der Waals surface area contributed by atoms with Gasteiger partial charge in [-0.25, -0.2) is 9.97 Å². The number of ketones is 2. The minimum atomic E-state index is -1.01. The first-order valence-electron chi connectivity index (χ1n) is 7.24. The van der Waals surface area contributed by atoms with Gasteiger partial charge in [-0.15, -0.1) is 0 Å². The van der Waals surface area contributed by atoms with Crippen LogP contribution in [-0.2, 0) is 14.3 Å². The van der Waals surface area contributed by atoms with Crippen LogP contribution in [-0.4, -0.2) is 44.5 Å². The molecule has 1 aromatic heterocycles. The fourth-order valence-electron chi connectivity index (χ4n) is 1.65. The van der Waals surface area contributed by atoms with Crippen LogP contribution < -0.4 is 5.32 Å². The molecule has 0 saturated heterocycles. The van der Waals surface area contributed by atoms with Gasteiger partial charge in [-0.1, -0.05) is 22.9 Å². The summed E-state index contributed by atoms with van der Waals surface area (Å²) in [7, 11) is 0. The maximum absolute atomic E-state index is 12.4. The van der Waals surface area contributed by atoms with Crippen LogP contribution in [0, 0.1) is 0 Å². The Labute approximate surface area is 157 Å². The van der Waals surface area contributed by atoms with Gasteiger partial charge in [0, 0.05) is 6.42 Å². The van der Waals surface area contributed by atoms with E-state index in [9.17, 15) is 14.4 Å². The number of alkyl halides is 1. The number of carbonyl (C=O) groups excluding carboxylic acids is 3.